The van der Waals surface area contributed by atoms with Gasteiger partial charge >= 0.3 is 30.4 Å². The molecule has 0 heterocycles. The Labute approximate surface area is 31.1 Å². The first-order chi connectivity index (χ1) is 2.00. The van der Waals surface area contributed by atoms with Gasteiger partial charge in [0, 0.05) is 0 Å². The van der Waals surface area contributed by atoms with Crippen LogP contribution in [0, 0.1) is 0 Å². The Morgan fingerprint density at radius 1 is 1.20 bits per heavy atom. The molecule has 30 valence electrons. The van der Waals surface area contributed by atoms with Crippen molar-refractivity contribution < 1.29 is 30.4 Å². The van der Waals surface area contributed by atoms with Crippen LogP contribution in [0.1, 0.15) is 0 Å². The Kier molecular flexibility index (Phi) is 1.14. The normalized spacial score (nSPS) is 8.40. The first-order valence-electron chi connectivity index (χ1n) is 0.786. The third kappa shape index (κ3) is 650. The van der Waals surface area contributed by atoms with Gasteiger partial charge in [0.05, 0.1) is 0 Å². The molecule has 5 heavy (non-hydrogen) atoms. The maximum atomic E-state index is 10.1. The van der Waals surface area contributed by atoms with Crippen molar-refractivity contribution in [3.63, 3.8) is 0 Å². The molecule has 0 bridgehead atoms. The second-order valence-corrected chi connectivity index (χ2v) is 1.91. The van der Waals surface area contributed by atoms with Gasteiger partial charge in [0.25, 0.3) is 0 Å². The molecule has 0 aromatic rings. The Balaban J connectivity index is 4.06. The molecule has 0 aliphatic heterocycles. The summed E-state index contributed by atoms with van der Waals surface area (Å²) in [4.78, 5) is 0. The van der Waals surface area contributed by atoms with Crippen molar-refractivity contribution in [3.05, 3.63) is 0 Å². The van der Waals surface area contributed by atoms with Crippen LogP contribution in [0.4, 0.5) is 6.18 Å². The van der Waals surface area contributed by atoms with Crippen molar-refractivity contribution >= 4 is 0 Å². The van der Waals surface area contributed by atoms with Crippen molar-refractivity contribution in [1.29, 1.82) is 0 Å². The zero-order valence-corrected chi connectivity index (χ0v) is 3.63. The fraction of sp³-hybridized carbons (Fsp3) is 0. The van der Waals surface area contributed by atoms with Gasteiger partial charge in [0.2, 0.25) is 0 Å². The van der Waals surface area contributed by atoms with Crippen molar-refractivity contribution in [2.24, 2.45) is 0 Å². The quantitative estimate of drug-likeness (QED) is 0.436. The Morgan fingerprint density at radius 3 is 1.20 bits per heavy atom. The molecule has 5 heteroatoms. The van der Waals surface area contributed by atoms with E-state index in [9.17, 15) is 6.18 Å². The molecule has 0 fully saturated rings. The van der Waals surface area contributed by atoms with Gasteiger partial charge in [-0.15, -0.1) is 0 Å². The number of hydrogen-bond acceptors (Lipinski definition) is 2. The summed E-state index contributed by atoms with van der Waals surface area (Å²) < 4.78 is 37.0. The van der Waals surface area contributed by atoms with Crippen LogP contribution in [-0.2, 0) is 24.2 Å². The third-order valence-corrected chi connectivity index (χ3v) is 0. The molecule has 0 aromatic heterocycles. The molecule has 0 saturated heterocycles. The molecule has 0 N–H and O–H groups in total. The van der Waals surface area contributed by atoms with Crippen molar-refractivity contribution in [1.82, 2.24) is 0 Å². The van der Waals surface area contributed by atoms with E-state index in [2.05, 4.69) is 0 Å². The van der Waals surface area contributed by atoms with E-state index in [0.717, 1.165) is 0 Å². The van der Waals surface area contributed by atoms with E-state index < -0.39 is 17.6 Å². The predicted molar refractivity (Wildman–Crippen MR) is 3.59 cm³/mol. The van der Waals surface area contributed by atoms with Crippen LogP contribution in [0.25, 0.3) is 0 Å². The van der Waals surface area contributed by atoms with Crippen molar-refractivity contribution in [2.75, 3.05) is 0 Å². The minimum absolute atomic E-state index is 6.50. The summed E-state index contributed by atoms with van der Waals surface area (Å²) in [5.41, 5.74) is 0. The molecule has 0 unspecified atom stereocenters. The Morgan fingerprint density at radius 2 is 1.20 bits per heavy atom. The fourth-order valence-electron chi connectivity index (χ4n) is 0. The molecule has 0 aliphatic rings. The van der Waals surface area contributed by atoms with Crippen LogP contribution in [0.5, 0.6) is 0 Å². The van der Waals surface area contributed by atoms with Crippen molar-refractivity contribution in [2.45, 2.75) is 0 Å². The molecule has 2 nitrogen and oxygen atoms in total. The predicted octanol–water partition coefficient (Wildman–Crippen LogP) is 0.600. The molecule has 0 aliphatic carbocycles. The van der Waals surface area contributed by atoms with E-state index in [1.54, 1.807) is 0 Å². The van der Waals surface area contributed by atoms with Crippen LogP contribution in [0.2, 0.25) is 0 Å². The summed E-state index contributed by atoms with van der Waals surface area (Å²) in [6, 6.07) is 0. The maximum absolute atomic E-state index is 10.1. The van der Waals surface area contributed by atoms with Gasteiger partial charge in [0.15, 0.2) is 0 Å². The summed E-state index contributed by atoms with van der Waals surface area (Å²) in [6.07, 6.45) is 0. The van der Waals surface area contributed by atoms with Gasteiger partial charge < -0.3 is 0 Å². The number of halogens is 2. The topological polar surface area (TPSA) is 34.1 Å². The van der Waals surface area contributed by atoms with E-state index in [1.807, 2.05) is 0 Å². The van der Waals surface area contributed by atoms with Crippen LogP contribution in [0.3, 0.4) is 0 Å². The van der Waals surface area contributed by atoms with Gasteiger partial charge in [-0.25, -0.2) is 0 Å². The van der Waals surface area contributed by atoms with Crippen LogP contribution >= 0.6 is 0 Å². The SMILES string of the molecule is [O]=[Ti](=[O])([F])[F]. The Hall–Kier alpha value is 0.174. The van der Waals surface area contributed by atoms with Gasteiger partial charge in [-0.1, -0.05) is 0 Å². The van der Waals surface area contributed by atoms with E-state index in [0.29, 0.717) is 0 Å². The number of rotatable bonds is 0. The van der Waals surface area contributed by atoms with E-state index in [1.165, 1.54) is 0 Å². The summed E-state index contributed by atoms with van der Waals surface area (Å²) in [5.74, 6) is 0. The zero-order chi connectivity index (χ0) is 4.50. The number of hydrogen-bond donors (Lipinski definition) is 0. The summed E-state index contributed by atoms with van der Waals surface area (Å²) in [6.45, 7) is 0. The van der Waals surface area contributed by atoms with Crippen molar-refractivity contribution in [3.8, 4) is 0 Å². The Bertz CT molecular complexity index is 90.8. The summed E-state index contributed by atoms with van der Waals surface area (Å²) in [5, 5.41) is 0. The van der Waals surface area contributed by atoms with E-state index >= 15 is 0 Å². The van der Waals surface area contributed by atoms with E-state index in [-0.39, 0.29) is 0 Å². The molecule has 0 atom stereocenters. The first kappa shape index (κ1) is 5.17. The van der Waals surface area contributed by atoms with Gasteiger partial charge in [-0.05, 0) is 0 Å². The second kappa shape index (κ2) is 1.10. The second-order valence-electron chi connectivity index (χ2n) is 0.463. The molecule has 0 amide bonds. The van der Waals surface area contributed by atoms with Gasteiger partial charge in [-0.3, -0.25) is 0 Å². The molecular formula is F2O2Ti. The average Bonchev–Trinajstić information content (AvgIpc) is 0.722. The third-order valence-electron chi connectivity index (χ3n) is 0. The molecule has 0 radical (unpaired) electrons. The van der Waals surface area contributed by atoms with Crippen LogP contribution in [0.15, 0.2) is 0 Å². The van der Waals surface area contributed by atoms with Gasteiger partial charge in [-0.2, -0.15) is 0 Å². The zero-order valence-electron chi connectivity index (χ0n) is 2.07. The van der Waals surface area contributed by atoms with Gasteiger partial charge in [0.1, 0.15) is 0 Å². The first-order valence-corrected chi connectivity index (χ1v) is 3.24. The molecular weight excluding hydrogens is 118 g/mol. The summed E-state index contributed by atoms with van der Waals surface area (Å²) >= 11 is -6.50. The monoisotopic (exact) mass is 118 g/mol. The van der Waals surface area contributed by atoms with Crippen LogP contribution < -0.4 is 0 Å². The fourth-order valence-corrected chi connectivity index (χ4v) is 0. The minimum atomic E-state index is -6.50. The molecule has 0 spiro atoms. The summed E-state index contributed by atoms with van der Waals surface area (Å²) in [7, 11) is 0. The van der Waals surface area contributed by atoms with Crippen LogP contribution in [-0.4, -0.2) is 0 Å². The standard InChI is InChI=1S/2FH.2O.Ti/h2*1H;;;/q;;;;+2/p-2. The van der Waals surface area contributed by atoms with E-state index in [4.69, 9.17) is 6.65 Å². The molecule has 0 aromatic carbocycles. The molecule has 0 rings (SSSR count). The average molecular weight is 118 g/mol. The molecule has 0 saturated carbocycles.